The first-order valence-corrected chi connectivity index (χ1v) is 7.23. The number of nitrogens with zero attached hydrogens (tertiary/aromatic N) is 1. The third kappa shape index (κ3) is 3.02. The van der Waals surface area contributed by atoms with E-state index in [0.717, 1.165) is 5.56 Å². The van der Waals surface area contributed by atoms with Gasteiger partial charge in [-0.3, -0.25) is 0 Å². The average Bonchev–Trinajstić information content (AvgIpc) is 2.79. The molecule has 0 bridgehead atoms. The van der Waals surface area contributed by atoms with E-state index in [2.05, 4.69) is 9.71 Å². The molecule has 90 valence electrons. The Morgan fingerprint density at radius 3 is 2.88 bits per heavy atom. The maximum Gasteiger partial charge on any atom is 0.241 e. The fourth-order valence-electron chi connectivity index (χ4n) is 1.25. The highest BCUT2D eigenvalue weighted by atomic mass is 32.2. The lowest BCUT2D eigenvalue weighted by atomic mass is 10.4. The molecule has 7 heteroatoms. The van der Waals surface area contributed by atoms with Gasteiger partial charge in [0.15, 0.2) is 0 Å². The average molecular weight is 269 g/mol. The Morgan fingerprint density at radius 2 is 2.24 bits per heavy atom. The molecule has 17 heavy (non-hydrogen) atoms. The van der Waals surface area contributed by atoms with Crippen LogP contribution < -0.4 is 10.5 Å². The Hall–Kier alpha value is -1.44. The number of nitrogens with one attached hydrogen (secondary N) is 1. The number of rotatable bonds is 4. The minimum absolute atomic E-state index is 0.125. The Balaban J connectivity index is 2.14. The minimum Gasteiger partial charge on any atom is -0.384 e. The largest absolute Gasteiger partial charge is 0.384 e. The van der Waals surface area contributed by atoms with Crippen molar-refractivity contribution in [3.05, 3.63) is 40.7 Å². The van der Waals surface area contributed by atoms with E-state index < -0.39 is 10.0 Å². The van der Waals surface area contributed by atoms with Gasteiger partial charge in [-0.1, -0.05) is 0 Å². The molecule has 0 amide bonds. The van der Waals surface area contributed by atoms with Gasteiger partial charge in [0.05, 0.1) is 4.90 Å². The molecule has 2 aromatic rings. The van der Waals surface area contributed by atoms with E-state index in [1.54, 1.807) is 0 Å². The Labute approximate surface area is 103 Å². The Kier molecular flexibility index (Phi) is 3.41. The summed E-state index contributed by atoms with van der Waals surface area (Å²) in [6.45, 7) is 0.272. The van der Waals surface area contributed by atoms with Crippen molar-refractivity contribution in [2.45, 2.75) is 11.4 Å². The second kappa shape index (κ2) is 4.82. The van der Waals surface area contributed by atoms with Crippen LogP contribution in [0.1, 0.15) is 5.56 Å². The van der Waals surface area contributed by atoms with Crippen LogP contribution in [0, 0.1) is 0 Å². The normalized spacial score (nSPS) is 11.5. The summed E-state index contributed by atoms with van der Waals surface area (Å²) in [5, 5.41) is 3.79. The molecule has 2 heterocycles. The summed E-state index contributed by atoms with van der Waals surface area (Å²) in [6, 6.07) is 4.61. The number of hydrogen-bond donors (Lipinski definition) is 2. The van der Waals surface area contributed by atoms with Gasteiger partial charge >= 0.3 is 0 Å². The highest BCUT2D eigenvalue weighted by molar-refractivity contribution is 7.89. The molecule has 0 aliphatic rings. The van der Waals surface area contributed by atoms with E-state index in [-0.39, 0.29) is 17.3 Å². The zero-order valence-corrected chi connectivity index (χ0v) is 10.5. The fourth-order valence-corrected chi connectivity index (χ4v) is 2.96. The second-order valence-corrected chi connectivity index (χ2v) is 5.92. The number of sulfonamides is 1. The number of thiophene rings is 1. The van der Waals surface area contributed by atoms with Crippen LogP contribution >= 0.6 is 11.3 Å². The smallest absolute Gasteiger partial charge is 0.241 e. The van der Waals surface area contributed by atoms with E-state index in [1.165, 1.54) is 29.7 Å². The van der Waals surface area contributed by atoms with Crippen LogP contribution in [0.4, 0.5) is 5.82 Å². The molecule has 0 saturated heterocycles. The number of hydrogen-bond acceptors (Lipinski definition) is 5. The molecule has 0 spiro atoms. The maximum absolute atomic E-state index is 11.9. The molecule has 5 nitrogen and oxygen atoms in total. The van der Waals surface area contributed by atoms with Gasteiger partial charge in [0.25, 0.3) is 0 Å². The monoisotopic (exact) mass is 269 g/mol. The van der Waals surface area contributed by atoms with Crippen LogP contribution in [0.25, 0.3) is 0 Å². The highest BCUT2D eigenvalue weighted by Gasteiger charge is 2.13. The number of nitrogen functional groups attached to an aromatic ring is 1. The predicted octanol–water partition coefficient (Wildman–Crippen LogP) is 1.20. The van der Waals surface area contributed by atoms with Gasteiger partial charge in [-0.05, 0) is 28.5 Å². The molecular formula is C10H11N3O2S2. The summed E-state index contributed by atoms with van der Waals surface area (Å²) in [5.74, 6) is 0.184. The first-order valence-electron chi connectivity index (χ1n) is 4.80. The second-order valence-electron chi connectivity index (χ2n) is 3.37. The van der Waals surface area contributed by atoms with Gasteiger partial charge in [-0.2, -0.15) is 11.3 Å². The summed E-state index contributed by atoms with van der Waals surface area (Å²) in [5.41, 5.74) is 6.38. The molecule has 2 aromatic heterocycles. The van der Waals surface area contributed by atoms with E-state index in [4.69, 9.17) is 5.73 Å². The van der Waals surface area contributed by atoms with Gasteiger partial charge in [-0.15, -0.1) is 0 Å². The fraction of sp³-hybridized carbons (Fsp3) is 0.100. The molecule has 0 fully saturated rings. The summed E-state index contributed by atoms with van der Waals surface area (Å²) in [7, 11) is -3.52. The lowest BCUT2D eigenvalue weighted by molar-refractivity contribution is 0.581. The number of aromatic nitrogens is 1. The topological polar surface area (TPSA) is 85.1 Å². The minimum atomic E-state index is -3.52. The standard InChI is InChI=1S/C10H11N3O2S2/c11-10-5-9(1-3-12-10)17(14,15)13-6-8-2-4-16-7-8/h1-5,7,13H,6H2,(H2,11,12). The molecule has 3 N–H and O–H groups in total. The molecule has 0 radical (unpaired) electrons. The summed E-state index contributed by atoms with van der Waals surface area (Å²) in [4.78, 5) is 3.88. The third-order valence-corrected chi connectivity index (χ3v) is 4.24. The van der Waals surface area contributed by atoms with Crippen LogP contribution in [0.5, 0.6) is 0 Å². The maximum atomic E-state index is 11.9. The van der Waals surface area contributed by atoms with E-state index in [1.807, 2.05) is 16.8 Å². The van der Waals surface area contributed by atoms with Gasteiger partial charge in [-0.25, -0.2) is 18.1 Å². The van der Waals surface area contributed by atoms with Crippen LogP contribution in [0.15, 0.2) is 40.1 Å². The van der Waals surface area contributed by atoms with Gasteiger partial charge in [0.1, 0.15) is 5.82 Å². The van der Waals surface area contributed by atoms with Crippen LogP contribution in [0.3, 0.4) is 0 Å². The van der Waals surface area contributed by atoms with Crippen LogP contribution in [-0.2, 0) is 16.6 Å². The lowest BCUT2D eigenvalue weighted by Crippen LogP contribution is -2.23. The zero-order valence-electron chi connectivity index (χ0n) is 8.83. The number of nitrogens with two attached hydrogens (primary N) is 1. The third-order valence-electron chi connectivity index (χ3n) is 2.11. The van der Waals surface area contributed by atoms with E-state index in [0.29, 0.717) is 0 Å². The van der Waals surface area contributed by atoms with Crippen LogP contribution in [0.2, 0.25) is 0 Å². The molecule has 0 atom stereocenters. The number of anilines is 1. The summed E-state index contributed by atoms with van der Waals surface area (Å²) < 4.78 is 26.3. The van der Waals surface area contributed by atoms with Gasteiger partial charge < -0.3 is 5.73 Å². The van der Waals surface area contributed by atoms with Crippen molar-refractivity contribution >= 4 is 27.2 Å². The van der Waals surface area contributed by atoms with Crippen molar-refractivity contribution in [2.75, 3.05) is 5.73 Å². The molecule has 0 aromatic carbocycles. The first-order chi connectivity index (χ1) is 8.08. The van der Waals surface area contributed by atoms with E-state index >= 15 is 0 Å². The molecule has 0 aliphatic heterocycles. The zero-order chi connectivity index (χ0) is 12.3. The van der Waals surface area contributed by atoms with Gasteiger partial charge in [0, 0.05) is 18.8 Å². The van der Waals surface area contributed by atoms with Crippen molar-refractivity contribution in [2.24, 2.45) is 0 Å². The van der Waals surface area contributed by atoms with Crippen molar-refractivity contribution in [3.63, 3.8) is 0 Å². The first kappa shape index (κ1) is 12.0. The van der Waals surface area contributed by atoms with Crippen molar-refractivity contribution in [3.8, 4) is 0 Å². The molecule has 0 aliphatic carbocycles. The highest BCUT2D eigenvalue weighted by Crippen LogP contribution is 2.12. The lowest BCUT2D eigenvalue weighted by Gasteiger charge is -2.05. The molecule has 0 saturated carbocycles. The predicted molar refractivity (Wildman–Crippen MR) is 67.0 cm³/mol. The SMILES string of the molecule is Nc1cc(S(=O)(=O)NCc2ccsc2)ccn1. The van der Waals surface area contributed by atoms with Crippen molar-refractivity contribution in [1.29, 1.82) is 0 Å². The van der Waals surface area contributed by atoms with Crippen molar-refractivity contribution in [1.82, 2.24) is 9.71 Å². The van der Waals surface area contributed by atoms with Gasteiger partial charge in [0.2, 0.25) is 10.0 Å². The Bertz CT molecular complexity index is 594. The molecule has 2 rings (SSSR count). The Morgan fingerprint density at radius 1 is 1.41 bits per heavy atom. The molecular weight excluding hydrogens is 258 g/mol. The van der Waals surface area contributed by atoms with E-state index in [9.17, 15) is 8.42 Å². The van der Waals surface area contributed by atoms with Crippen molar-refractivity contribution < 1.29 is 8.42 Å². The van der Waals surface area contributed by atoms with Crippen LogP contribution in [-0.4, -0.2) is 13.4 Å². The summed E-state index contributed by atoms with van der Waals surface area (Å²) in [6.07, 6.45) is 1.37. The molecule has 0 unspecified atom stereocenters. The quantitative estimate of drug-likeness (QED) is 0.873. The number of pyridine rings is 1. The summed E-state index contributed by atoms with van der Waals surface area (Å²) >= 11 is 1.52.